The second-order valence-corrected chi connectivity index (χ2v) is 2.34. The molecule has 1 fully saturated rings. The van der Waals surface area contributed by atoms with Gasteiger partial charge in [-0.25, -0.2) is 4.39 Å². The largest absolute Gasteiger partial charge is 0.403 e. The van der Waals surface area contributed by atoms with Crippen LogP contribution in [0.15, 0.2) is 0 Å². The van der Waals surface area contributed by atoms with E-state index in [1.807, 2.05) is 5.32 Å². The summed E-state index contributed by atoms with van der Waals surface area (Å²) in [5.41, 5.74) is 0. The lowest BCUT2D eigenvalue weighted by molar-refractivity contribution is -0.152. The zero-order valence-corrected chi connectivity index (χ0v) is 5.08. The van der Waals surface area contributed by atoms with Crippen molar-refractivity contribution in [3.63, 3.8) is 0 Å². The van der Waals surface area contributed by atoms with E-state index in [9.17, 15) is 17.6 Å². The SMILES string of the molecule is F[C@H]1CN[C@@H](C(F)(F)F)C1. The van der Waals surface area contributed by atoms with Crippen LogP contribution in [0.5, 0.6) is 0 Å². The van der Waals surface area contributed by atoms with Gasteiger partial charge in [0.2, 0.25) is 0 Å². The third kappa shape index (κ3) is 1.59. The maximum atomic E-state index is 12.1. The summed E-state index contributed by atoms with van der Waals surface area (Å²) in [6.45, 7) is -0.176. The molecule has 0 aromatic carbocycles. The predicted octanol–water partition coefficient (Wildman–Crippen LogP) is 1.25. The fourth-order valence-electron chi connectivity index (χ4n) is 0.942. The zero-order chi connectivity index (χ0) is 7.78. The second-order valence-electron chi connectivity index (χ2n) is 2.34. The van der Waals surface area contributed by atoms with Crippen LogP contribution in [-0.4, -0.2) is 24.9 Å². The van der Waals surface area contributed by atoms with E-state index >= 15 is 0 Å². The molecule has 0 aliphatic carbocycles. The summed E-state index contributed by atoms with van der Waals surface area (Å²) in [5.74, 6) is 0. The van der Waals surface area contributed by atoms with Crippen LogP contribution < -0.4 is 5.32 Å². The normalized spacial score (nSPS) is 34.8. The van der Waals surface area contributed by atoms with Crippen LogP contribution in [0.3, 0.4) is 0 Å². The first-order valence-electron chi connectivity index (χ1n) is 2.94. The average Bonchev–Trinajstić information content (AvgIpc) is 2.11. The average molecular weight is 157 g/mol. The molecule has 10 heavy (non-hydrogen) atoms. The summed E-state index contributed by atoms with van der Waals surface area (Å²) in [4.78, 5) is 0. The van der Waals surface area contributed by atoms with Gasteiger partial charge >= 0.3 is 6.18 Å². The van der Waals surface area contributed by atoms with Gasteiger partial charge in [0.05, 0.1) is 0 Å². The summed E-state index contributed by atoms with van der Waals surface area (Å²) >= 11 is 0. The van der Waals surface area contributed by atoms with Crippen molar-refractivity contribution in [2.45, 2.75) is 24.8 Å². The third-order valence-electron chi connectivity index (χ3n) is 1.47. The van der Waals surface area contributed by atoms with Gasteiger partial charge in [0, 0.05) is 13.0 Å². The molecule has 0 bridgehead atoms. The fourth-order valence-corrected chi connectivity index (χ4v) is 0.942. The summed E-state index contributed by atoms with van der Waals surface area (Å²) in [5, 5.41) is 2.05. The van der Waals surface area contributed by atoms with Crippen LogP contribution in [0.4, 0.5) is 17.6 Å². The van der Waals surface area contributed by atoms with Gasteiger partial charge in [0.25, 0.3) is 0 Å². The minimum atomic E-state index is -4.29. The lowest BCUT2D eigenvalue weighted by Crippen LogP contribution is -2.36. The molecular weight excluding hydrogens is 150 g/mol. The number of nitrogens with one attached hydrogen (secondary N) is 1. The van der Waals surface area contributed by atoms with E-state index in [-0.39, 0.29) is 6.54 Å². The maximum Gasteiger partial charge on any atom is 0.403 e. The van der Waals surface area contributed by atoms with E-state index < -0.39 is 24.8 Å². The van der Waals surface area contributed by atoms with E-state index in [1.54, 1.807) is 0 Å². The van der Waals surface area contributed by atoms with Crippen molar-refractivity contribution in [1.29, 1.82) is 0 Å². The van der Waals surface area contributed by atoms with Crippen LogP contribution >= 0.6 is 0 Å². The van der Waals surface area contributed by atoms with E-state index in [0.29, 0.717) is 0 Å². The molecule has 1 N–H and O–H groups in total. The smallest absolute Gasteiger partial charge is 0.303 e. The molecule has 1 saturated heterocycles. The Morgan fingerprint density at radius 2 is 1.90 bits per heavy atom. The van der Waals surface area contributed by atoms with Crippen LogP contribution in [0, 0.1) is 0 Å². The highest BCUT2D eigenvalue weighted by Gasteiger charge is 2.44. The van der Waals surface area contributed by atoms with Crippen molar-refractivity contribution in [3.05, 3.63) is 0 Å². The highest BCUT2D eigenvalue weighted by Crippen LogP contribution is 2.27. The molecule has 0 amide bonds. The van der Waals surface area contributed by atoms with Gasteiger partial charge in [-0.1, -0.05) is 0 Å². The molecule has 1 aliphatic rings. The standard InChI is InChI=1S/C5H7F4N/c6-3-1-4(10-2-3)5(7,8)9/h3-4,10H,1-2H2/t3-,4-/m1/s1. The lowest BCUT2D eigenvalue weighted by Gasteiger charge is -2.13. The summed E-state index contributed by atoms with van der Waals surface area (Å²) in [6, 6.07) is -1.64. The topological polar surface area (TPSA) is 12.0 Å². The summed E-state index contributed by atoms with van der Waals surface area (Å²) in [7, 11) is 0. The Morgan fingerprint density at radius 3 is 2.10 bits per heavy atom. The monoisotopic (exact) mass is 157 g/mol. The van der Waals surface area contributed by atoms with Gasteiger partial charge in [-0.05, 0) is 0 Å². The molecule has 1 rings (SSSR count). The minimum Gasteiger partial charge on any atom is -0.303 e. The summed E-state index contributed by atoms with van der Waals surface area (Å²) < 4.78 is 47.3. The second kappa shape index (κ2) is 2.38. The van der Waals surface area contributed by atoms with Crippen molar-refractivity contribution in [2.75, 3.05) is 6.54 Å². The third-order valence-corrected chi connectivity index (χ3v) is 1.47. The van der Waals surface area contributed by atoms with Crippen LogP contribution in [0.25, 0.3) is 0 Å². The predicted molar refractivity (Wildman–Crippen MR) is 27.4 cm³/mol. The molecular formula is C5H7F4N. The Morgan fingerprint density at radius 1 is 1.30 bits per heavy atom. The molecule has 0 radical (unpaired) electrons. The molecule has 60 valence electrons. The Labute approximate surface area is 55.4 Å². The van der Waals surface area contributed by atoms with Gasteiger partial charge in [-0.2, -0.15) is 13.2 Å². The number of hydrogen-bond donors (Lipinski definition) is 1. The number of hydrogen-bond acceptors (Lipinski definition) is 1. The highest BCUT2D eigenvalue weighted by atomic mass is 19.4. The first-order valence-corrected chi connectivity index (χ1v) is 2.94. The maximum absolute atomic E-state index is 12.1. The molecule has 0 saturated carbocycles. The van der Waals surface area contributed by atoms with Gasteiger partial charge < -0.3 is 5.32 Å². The van der Waals surface area contributed by atoms with E-state index in [1.165, 1.54) is 0 Å². The zero-order valence-electron chi connectivity index (χ0n) is 5.08. The van der Waals surface area contributed by atoms with Gasteiger partial charge in [-0.3, -0.25) is 0 Å². The van der Waals surface area contributed by atoms with Crippen molar-refractivity contribution in [3.8, 4) is 0 Å². The Bertz CT molecular complexity index is 121. The van der Waals surface area contributed by atoms with Crippen molar-refractivity contribution >= 4 is 0 Å². The molecule has 1 aliphatic heterocycles. The number of rotatable bonds is 0. The quantitative estimate of drug-likeness (QED) is 0.522. The summed E-state index contributed by atoms with van der Waals surface area (Å²) in [6.07, 6.45) is -6.07. The first kappa shape index (κ1) is 7.78. The van der Waals surface area contributed by atoms with Crippen LogP contribution in [-0.2, 0) is 0 Å². The number of alkyl halides is 4. The van der Waals surface area contributed by atoms with Crippen molar-refractivity contribution in [1.82, 2.24) is 5.32 Å². The van der Waals surface area contributed by atoms with Gasteiger partial charge in [0.1, 0.15) is 12.2 Å². The fraction of sp³-hybridized carbons (Fsp3) is 1.00. The van der Waals surface area contributed by atoms with Crippen molar-refractivity contribution in [2.24, 2.45) is 0 Å². The minimum absolute atomic E-state index is 0.176. The first-order chi connectivity index (χ1) is 4.50. The lowest BCUT2D eigenvalue weighted by atomic mass is 10.2. The van der Waals surface area contributed by atoms with Crippen LogP contribution in [0.1, 0.15) is 6.42 Å². The molecule has 5 heteroatoms. The molecule has 0 unspecified atom stereocenters. The molecule has 0 aromatic rings. The molecule has 0 aromatic heterocycles. The molecule has 1 heterocycles. The molecule has 1 nitrogen and oxygen atoms in total. The van der Waals surface area contributed by atoms with E-state index in [0.717, 1.165) is 0 Å². The van der Waals surface area contributed by atoms with Gasteiger partial charge in [0.15, 0.2) is 0 Å². The van der Waals surface area contributed by atoms with Gasteiger partial charge in [-0.15, -0.1) is 0 Å². The Hall–Kier alpha value is -0.320. The highest BCUT2D eigenvalue weighted by molar-refractivity contribution is 4.86. The molecule has 0 spiro atoms. The Kier molecular flexibility index (Phi) is 1.85. The Balaban J connectivity index is 2.45. The van der Waals surface area contributed by atoms with Crippen LogP contribution in [0.2, 0.25) is 0 Å². The molecule has 2 atom stereocenters. The van der Waals surface area contributed by atoms with E-state index in [4.69, 9.17) is 0 Å². The number of halogens is 4. The van der Waals surface area contributed by atoms with E-state index in [2.05, 4.69) is 0 Å². The van der Waals surface area contributed by atoms with Crippen molar-refractivity contribution < 1.29 is 17.6 Å².